The highest BCUT2D eigenvalue weighted by Gasteiger charge is 2.58. The fourth-order valence-electron chi connectivity index (χ4n) is 3.18. The lowest BCUT2D eigenvalue weighted by molar-refractivity contribution is -0.121. The van der Waals surface area contributed by atoms with Crippen LogP contribution in [0.5, 0.6) is 0 Å². The maximum atomic E-state index is 12.1. The highest BCUT2D eigenvalue weighted by Crippen LogP contribution is 2.60. The van der Waals surface area contributed by atoms with Crippen molar-refractivity contribution in [1.82, 2.24) is 0 Å². The molecule has 0 aromatic heterocycles. The van der Waals surface area contributed by atoms with Gasteiger partial charge in [0.1, 0.15) is 5.78 Å². The van der Waals surface area contributed by atoms with Gasteiger partial charge in [-0.05, 0) is 41.8 Å². The molecule has 0 aromatic rings. The lowest BCUT2D eigenvalue weighted by atomic mass is 10.0. The molecular weight excluding hydrogens is 304 g/mol. The number of carbonyl (C=O) groups is 1. The van der Waals surface area contributed by atoms with Crippen molar-refractivity contribution in [2.75, 3.05) is 6.61 Å². The van der Waals surface area contributed by atoms with E-state index in [1.807, 2.05) is 6.08 Å². The van der Waals surface area contributed by atoms with Crippen molar-refractivity contribution >= 4 is 14.1 Å². The largest absolute Gasteiger partial charge is 0.417 e. The van der Waals surface area contributed by atoms with E-state index in [1.54, 1.807) is 0 Å². The number of hydrogen-bond acceptors (Lipinski definition) is 3. The highest BCUT2D eigenvalue weighted by atomic mass is 28.4. The Kier molecular flexibility index (Phi) is 6.45. The molecule has 0 bridgehead atoms. The number of aliphatic hydroxyl groups is 1. The minimum absolute atomic E-state index is 0.0763. The van der Waals surface area contributed by atoms with E-state index < -0.39 is 14.4 Å². The average molecular weight is 341 g/mol. The average Bonchev–Trinajstić information content (AvgIpc) is 2.95. The topological polar surface area (TPSA) is 46.5 Å². The molecule has 3 atom stereocenters. The van der Waals surface area contributed by atoms with Crippen LogP contribution in [0.2, 0.25) is 18.1 Å². The SMILES string of the molecule is C=C[C@H]1[C@@H]([C@@H](O)CC(=O)CCCO[Si](C)(C)C(C)(C)C)C1(C)C. The molecule has 23 heavy (non-hydrogen) atoms. The van der Waals surface area contributed by atoms with Crippen LogP contribution in [0.4, 0.5) is 0 Å². The lowest BCUT2D eigenvalue weighted by Crippen LogP contribution is -2.41. The summed E-state index contributed by atoms with van der Waals surface area (Å²) >= 11 is 0. The molecular formula is C19H36O3Si. The number of aliphatic hydroxyl groups excluding tert-OH is 1. The molecule has 1 aliphatic rings. The van der Waals surface area contributed by atoms with Gasteiger partial charge < -0.3 is 9.53 Å². The second-order valence-corrected chi connectivity index (χ2v) is 13.9. The first-order valence-corrected chi connectivity index (χ1v) is 11.7. The second kappa shape index (κ2) is 7.20. The van der Waals surface area contributed by atoms with Crippen LogP contribution >= 0.6 is 0 Å². The number of Topliss-reactive ketones (excluding diaryl/α,β-unsaturated/α-hetero) is 1. The molecule has 134 valence electrons. The maximum absolute atomic E-state index is 12.1. The number of allylic oxidation sites excluding steroid dienone is 1. The molecule has 0 aliphatic heterocycles. The molecule has 1 saturated carbocycles. The van der Waals surface area contributed by atoms with E-state index in [-0.39, 0.29) is 28.6 Å². The van der Waals surface area contributed by atoms with E-state index in [9.17, 15) is 9.90 Å². The first-order valence-electron chi connectivity index (χ1n) is 8.81. The predicted molar refractivity (Wildman–Crippen MR) is 99.0 cm³/mol. The molecule has 0 amide bonds. The summed E-state index contributed by atoms with van der Waals surface area (Å²) in [4.78, 5) is 12.1. The van der Waals surface area contributed by atoms with Crippen molar-refractivity contribution in [1.29, 1.82) is 0 Å². The Labute approximate surface area is 143 Å². The molecule has 1 aliphatic carbocycles. The summed E-state index contributed by atoms with van der Waals surface area (Å²) in [6.07, 6.45) is 2.88. The predicted octanol–water partition coefficient (Wildman–Crippen LogP) is 4.57. The zero-order valence-electron chi connectivity index (χ0n) is 16.1. The van der Waals surface area contributed by atoms with Crippen LogP contribution in [-0.4, -0.2) is 31.9 Å². The number of rotatable bonds is 9. The van der Waals surface area contributed by atoms with E-state index in [1.165, 1.54) is 0 Å². The Morgan fingerprint density at radius 1 is 1.39 bits per heavy atom. The molecule has 1 fully saturated rings. The minimum atomic E-state index is -1.72. The van der Waals surface area contributed by atoms with Gasteiger partial charge in [-0.3, -0.25) is 4.79 Å². The first-order chi connectivity index (χ1) is 10.3. The molecule has 0 spiro atoms. The van der Waals surface area contributed by atoms with Crippen molar-refractivity contribution in [3.8, 4) is 0 Å². The molecule has 3 nitrogen and oxygen atoms in total. The van der Waals surface area contributed by atoms with Gasteiger partial charge in [0.25, 0.3) is 0 Å². The normalized spacial score (nSPS) is 25.0. The monoisotopic (exact) mass is 340 g/mol. The van der Waals surface area contributed by atoms with E-state index in [0.29, 0.717) is 18.9 Å². The number of hydrogen-bond donors (Lipinski definition) is 1. The fraction of sp³-hybridized carbons (Fsp3) is 0.842. The molecule has 1 rings (SSSR count). The van der Waals surface area contributed by atoms with Gasteiger partial charge in [-0.15, -0.1) is 6.58 Å². The third-order valence-corrected chi connectivity index (χ3v) is 10.5. The molecule has 0 radical (unpaired) electrons. The van der Waals surface area contributed by atoms with Gasteiger partial charge in [-0.25, -0.2) is 0 Å². The van der Waals surface area contributed by atoms with Gasteiger partial charge in [0.15, 0.2) is 8.32 Å². The second-order valence-electron chi connectivity index (χ2n) is 9.13. The third kappa shape index (κ3) is 5.01. The summed E-state index contributed by atoms with van der Waals surface area (Å²) in [6.45, 7) is 19.8. The summed E-state index contributed by atoms with van der Waals surface area (Å²) in [5.41, 5.74) is 0.0763. The summed E-state index contributed by atoms with van der Waals surface area (Å²) in [7, 11) is -1.72. The van der Waals surface area contributed by atoms with Gasteiger partial charge in [-0.2, -0.15) is 0 Å². The van der Waals surface area contributed by atoms with Crippen LogP contribution in [0.1, 0.15) is 53.9 Å². The highest BCUT2D eigenvalue weighted by molar-refractivity contribution is 6.74. The quantitative estimate of drug-likeness (QED) is 0.380. The third-order valence-electron chi connectivity index (χ3n) is 5.97. The smallest absolute Gasteiger partial charge is 0.191 e. The zero-order valence-corrected chi connectivity index (χ0v) is 17.1. The Balaban J connectivity index is 2.30. The maximum Gasteiger partial charge on any atom is 0.191 e. The van der Waals surface area contributed by atoms with Gasteiger partial charge in [0.05, 0.1) is 6.10 Å². The first kappa shape index (κ1) is 20.6. The zero-order chi connectivity index (χ0) is 18.1. The van der Waals surface area contributed by atoms with E-state index in [2.05, 4.69) is 54.3 Å². The van der Waals surface area contributed by atoms with Crippen LogP contribution < -0.4 is 0 Å². The molecule has 0 saturated heterocycles. The summed E-state index contributed by atoms with van der Waals surface area (Å²) < 4.78 is 6.09. The standard InChI is InChI=1S/C19H36O3Si/c1-9-15-17(19(15,5)6)16(21)13-14(20)11-10-12-22-23(7,8)18(2,3)4/h9,15-17,21H,1,10-13H2,2-8H3/t15-,16-,17-/m0/s1. The van der Waals surface area contributed by atoms with Crippen molar-refractivity contribution < 1.29 is 14.3 Å². The molecule has 4 heteroatoms. The summed E-state index contributed by atoms with van der Waals surface area (Å²) in [5, 5.41) is 10.5. The van der Waals surface area contributed by atoms with Crippen LogP contribution in [0.15, 0.2) is 12.7 Å². The van der Waals surface area contributed by atoms with Gasteiger partial charge in [0, 0.05) is 19.4 Å². The number of carbonyl (C=O) groups excluding carboxylic acids is 1. The van der Waals surface area contributed by atoms with Crippen molar-refractivity contribution in [2.24, 2.45) is 17.3 Å². The van der Waals surface area contributed by atoms with E-state index >= 15 is 0 Å². The lowest BCUT2D eigenvalue weighted by Gasteiger charge is -2.36. The molecule has 0 heterocycles. The van der Waals surface area contributed by atoms with Crippen molar-refractivity contribution in [2.45, 2.75) is 78.1 Å². The van der Waals surface area contributed by atoms with Crippen molar-refractivity contribution in [3.63, 3.8) is 0 Å². The fourth-order valence-corrected chi connectivity index (χ4v) is 4.27. The van der Waals surface area contributed by atoms with Crippen LogP contribution in [0.25, 0.3) is 0 Å². The van der Waals surface area contributed by atoms with Crippen LogP contribution in [-0.2, 0) is 9.22 Å². The van der Waals surface area contributed by atoms with Crippen LogP contribution in [0.3, 0.4) is 0 Å². The Morgan fingerprint density at radius 3 is 2.39 bits per heavy atom. The Bertz CT molecular complexity index is 434. The molecule has 1 N–H and O–H groups in total. The molecule has 0 aromatic carbocycles. The molecule has 0 unspecified atom stereocenters. The Hall–Kier alpha value is -0.453. The minimum Gasteiger partial charge on any atom is -0.417 e. The van der Waals surface area contributed by atoms with Gasteiger partial charge in [-0.1, -0.05) is 40.7 Å². The summed E-state index contributed by atoms with van der Waals surface area (Å²) in [6, 6.07) is 0. The number of ketones is 1. The summed E-state index contributed by atoms with van der Waals surface area (Å²) in [5.74, 6) is 0.640. The Morgan fingerprint density at radius 2 is 1.96 bits per heavy atom. The van der Waals surface area contributed by atoms with Crippen molar-refractivity contribution in [3.05, 3.63) is 12.7 Å². The van der Waals surface area contributed by atoms with E-state index in [4.69, 9.17) is 4.43 Å². The van der Waals surface area contributed by atoms with Crippen LogP contribution in [0, 0.1) is 17.3 Å². The van der Waals surface area contributed by atoms with Gasteiger partial charge in [0.2, 0.25) is 0 Å². The van der Waals surface area contributed by atoms with E-state index in [0.717, 1.165) is 6.42 Å². The van der Waals surface area contributed by atoms with Gasteiger partial charge >= 0.3 is 0 Å².